The minimum Gasteiger partial charge on any atom is -0.479 e. The summed E-state index contributed by atoms with van der Waals surface area (Å²) in [5.74, 6) is -1.49. The van der Waals surface area contributed by atoms with Gasteiger partial charge in [0.25, 0.3) is 0 Å². The van der Waals surface area contributed by atoms with Gasteiger partial charge >= 0.3 is 5.97 Å². The number of carboxylic acids is 1. The summed E-state index contributed by atoms with van der Waals surface area (Å²) in [5.41, 5.74) is -2.25. The molecule has 76 valence electrons. The molecule has 0 bridgehead atoms. The van der Waals surface area contributed by atoms with Gasteiger partial charge in [-0.1, -0.05) is 6.07 Å². The van der Waals surface area contributed by atoms with E-state index in [4.69, 9.17) is 5.11 Å². The lowest BCUT2D eigenvalue weighted by molar-refractivity contribution is -0.150. The topological polar surface area (TPSA) is 37.3 Å². The van der Waals surface area contributed by atoms with Crippen LogP contribution >= 0.6 is 31.9 Å². The van der Waals surface area contributed by atoms with E-state index in [9.17, 15) is 9.18 Å². The van der Waals surface area contributed by atoms with Crippen molar-refractivity contribution in [3.8, 4) is 0 Å². The number of carboxylic acid groups (broad SMARTS) is 1. The third-order valence-corrected chi connectivity index (χ3v) is 3.74. The number of aliphatic carboxylic acids is 1. The molecule has 2 nitrogen and oxygen atoms in total. The SMILES string of the molecule is CC(F)(C(=O)O)c1ccc(Br)c(Br)c1. The van der Waals surface area contributed by atoms with Crippen molar-refractivity contribution in [3.05, 3.63) is 32.7 Å². The second kappa shape index (κ2) is 3.98. The number of rotatable bonds is 2. The normalized spacial score (nSPS) is 14.9. The Morgan fingerprint density at radius 2 is 2.00 bits per heavy atom. The molecule has 0 radical (unpaired) electrons. The molecule has 0 aliphatic rings. The Labute approximate surface area is 97.4 Å². The van der Waals surface area contributed by atoms with Crippen molar-refractivity contribution in [2.75, 3.05) is 0 Å². The van der Waals surface area contributed by atoms with Crippen LogP contribution in [0.4, 0.5) is 4.39 Å². The van der Waals surface area contributed by atoms with Crippen molar-refractivity contribution < 1.29 is 14.3 Å². The lowest BCUT2D eigenvalue weighted by Gasteiger charge is -2.15. The van der Waals surface area contributed by atoms with E-state index in [0.29, 0.717) is 4.47 Å². The van der Waals surface area contributed by atoms with Crippen LogP contribution in [0.2, 0.25) is 0 Å². The number of benzene rings is 1. The molecule has 1 atom stereocenters. The highest BCUT2D eigenvalue weighted by atomic mass is 79.9. The van der Waals surface area contributed by atoms with Gasteiger partial charge in [-0.05, 0) is 50.9 Å². The van der Waals surface area contributed by atoms with Gasteiger partial charge < -0.3 is 5.11 Å². The average molecular weight is 326 g/mol. The predicted octanol–water partition coefficient (Wildman–Crippen LogP) is 3.48. The van der Waals surface area contributed by atoms with Crippen LogP contribution in [0.1, 0.15) is 12.5 Å². The van der Waals surface area contributed by atoms with Crippen LogP contribution < -0.4 is 0 Å². The molecule has 0 fully saturated rings. The van der Waals surface area contributed by atoms with Crippen molar-refractivity contribution in [1.82, 2.24) is 0 Å². The monoisotopic (exact) mass is 324 g/mol. The van der Waals surface area contributed by atoms with Crippen LogP contribution in [0.5, 0.6) is 0 Å². The summed E-state index contributed by atoms with van der Waals surface area (Å²) < 4.78 is 15.0. The highest BCUT2D eigenvalue weighted by Crippen LogP contribution is 2.31. The molecule has 1 aromatic carbocycles. The molecule has 1 N–H and O–H groups in total. The molecule has 1 aromatic rings. The van der Waals surface area contributed by atoms with Gasteiger partial charge in [0.05, 0.1) is 0 Å². The number of carbonyl (C=O) groups is 1. The number of halogens is 3. The van der Waals surface area contributed by atoms with Gasteiger partial charge in [-0.15, -0.1) is 0 Å². The van der Waals surface area contributed by atoms with E-state index in [0.717, 1.165) is 11.4 Å². The summed E-state index contributed by atoms with van der Waals surface area (Å²) >= 11 is 6.40. The number of hydrogen-bond acceptors (Lipinski definition) is 1. The Morgan fingerprint density at radius 3 is 2.43 bits per heavy atom. The van der Waals surface area contributed by atoms with Crippen LogP contribution in [0, 0.1) is 0 Å². The second-order valence-electron chi connectivity index (χ2n) is 2.94. The van der Waals surface area contributed by atoms with Crippen molar-refractivity contribution in [3.63, 3.8) is 0 Å². The highest BCUT2D eigenvalue weighted by molar-refractivity contribution is 9.13. The van der Waals surface area contributed by atoms with E-state index in [2.05, 4.69) is 31.9 Å². The van der Waals surface area contributed by atoms with Crippen molar-refractivity contribution >= 4 is 37.8 Å². The Bertz CT molecular complexity index is 377. The Kier molecular flexibility index (Phi) is 3.32. The van der Waals surface area contributed by atoms with Crippen LogP contribution in [-0.4, -0.2) is 11.1 Å². The fourth-order valence-electron chi connectivity index (χ4n) is 0.912. The van der Waals surface area contributed by atoms with Crippen LogP contribution in [-0.2, 0) is 10.5 Å². The van der Waals surface area contributed by atoms with E-state index in [1.165, 1.54) is 12.1 Å². The summed E-state index contributed by atoms with van der Waals surface area (Å²) in [5, 5.41) is 8.65. The molecule has 14 heavy (non-hydrogen) atoms. The van der Waals surface area contributed by atoms with E-state index in [-0.39, 0.29) is 5.56 Å². The smallest absolute Gasteiger partial charge is 0.345 e. The van der Waals surface area contributed by atoms with Gasteiger partial charge in [-0.25, -0.2) is 9.18 Å². The van der Waals surface area contributed by atoms with Crippen molar-refractivity contribution in [2.45, 2.75) is 12.6 Å². The molecule has 0 aromatic heterocycles. The van der Waals surface area contributed by atoms with Gasteiger partial charge in [-0.2, -0.15) is 0 Å². The maximum absolute atomic E-state index is 13.6. The van der Waals surface area contributed by atoms with Crippen LogP contribution in [0.25, 0.3) is 0 Å². The summed E-state index contributed by atoms with van der Waals surface area (Å²) in [6.07, 6.45) is 0. The molecule has 1 rings (SSSR count). The zero-order chi connectivity index (χ0) is 10.9. The molecular weight excluding hydrogens is 319 g/mol. The average Bonchev–Trinajstić information content (AvgIpc) is 2.09. The Hall–Kier alpha value is -0.420. The zero-order valence-corrected chi connectivity index (χ0v) is 10.4. The first kappa shape index (κ1) is 11.7. The molecule has 0 aliphatic heterocycles. The lowest BCUT2D eigenvalue weighted by atomic mass is 9.98. The predicted molar refractivity (Wildman–Crippen MR) is 57.9 cm³/mol. The van der Waals surface area contributed by atoms with Crippen LogP contribution in [0.15, 0.2) is 27.1 Å². The summed E-state index contributed by atoms with van der Waals surface area (Å²) in [7, 11) is 0. The molecule has 0 saturated carbocycles. The van der Waals surface area contributed by atoms with Gasteiger partial charge in [0, 0.05) is 14.5 Å². The van der Waals surface area contributed by atoms with Crippen molar-refractivity contribution in [1.29, 1.82) is 0 Å². The lowest BCUT2D eigenvalue weighted by Crippen LogP contribution is -2.26. The number of alkyl halides is 1. The highest BCUT2D eigenvalue weighted by Gasteiger charge is 2.35. The molecule has 0 amide bonds. The largest absolute Gasteiger partial charge is 0.479 e. The molecule has 0 aliphatic carbocycles. The first-order valence-electron chi connectivity index (χ1n) is 3.73. The van der Waals surface area contributed by atoms with Gasteiger partial charge in [-0.3, -0.25) is 0 Å². The summed E-state index contributed by atoms with van der Waals surface area (Å²) in [6.45, 7) is 1.02. The van der Waals surface area contributed by atoms with E-state index < -0.39 is 11.6 Å². The van der Waals surface area contributed by atoms with Crippen molar-refractivity contribution in [2.24, 2.45) is 0 Å². The first-order chi connectivity index (χ1) is 6.35. The molecule has 5 heteroatoms. The van der Waals surface area contributed by atoms with Gasteiger partial charge in [0.15, 0.2) is 0 Å². The molecule has 0 saturated heterocycles. The van der Waals surface area contributed by atoms with Gasteiger partial charge in [0.1, 0.15) is 0 Å². The number of hydrogen-bond donors (Lipinski definition) is 1. The van der Waals surface area contributed by atoms with E-state index in [1.807, 2.05) is 0 Å². The van der Waals surface area contributed by atoms with Gasteiger partial charge in [0.2, 0.25) is 5.67 Å². The summed E-state index contributed by atoms with van der Waals surface area (Å²) in [4.78, 5) is 10.6. The third-order valence-electron chi connectivity index (χ3n) is 1.86. The van der Waals surface area contributed by atoms with Crippen LogP contribution in [0.3, 0.4) is 0 Å². The standard InChI is InChI=1S/C9H7Br2FO2/c1-9(12,8(13)14)5-2-3-6(10)7(11)4-5/h2-4H,1H3,(H,13,14). The minimum atomic E-state index is -2.36. The maximum atomic E-state index is 13.6. The van der Waals surface area contributed by atoms with E-state index in [1.54, 1.807) is 6.07 Å². The molecular formula is C9H7Br2FO2. The molecule has 1 unspecified atom stereocenters. The third kappa shape index (κ3) is 2.15. The molecule has 0 heterocycles. The maximum Gasteiger partial charge on any atom is 0.345 e. The Balaban J connectivity index is 3.21. The minimum absolute atomic E-state index is 0.111. The van der Waals surface area contributed by atoms with E-state index >= 15 is 0 Å². The Morgan fingerprint density at radius 1 is 1.43 bits per heavy atom. The quantitative estimate of drug-likeness (QED) is 0.903. The second-order valence-corrected chi connectivity index (χ2v) is 4.65. The molecule has 0 spiro atoms. The first-order valence-corrected chi connectivity index (χ1v) is 5.32. The fraction of sp³-hybridized carbons (Fsp3) is 0.222. The zero-order valence-electron chi connectivity index (χ0n) is 7.22. The summed E-state index contributed by atoms with van der Waals surface area (Å²) in [6, 6.07) is 4.47. The fourth-order valence-corrected chi connectivity index (χ4v) is 1.54.